The number of carbonyl (C=O) groups is 2. The summed E-state index contributed by atoms with van der Waals surface area (Å²) >= 11 is 0. The number of rotatable bonds is 4. The minimum absolute atomic E-state index is 0.0548. The lowest BCUT2D eigenvalue weighted by molar-refractivity contribution is -0.132. The number of amides is 1. The Bertz CT molecular complexity index is 1310. The average molecular weight is 443 g/mol. The third-order valence-corrected chi connectivity index (χ3v) is 5.95. The van der Waals surface area contributed by atoms with Crippen molar-refractivity contribution in [1.82, 2.24) is 0 Å². The monoisotopic (exact) mass is 443 g/mol. The first-order valence-corrected chi connectivity index (χ1v) is 10.6. The Morgan fingerprint density at radius 3 is 2.27 bits per heavy atom. The zero-order chi connectivity index (χ0) is 23.9. The number of para-hydroxylation sites is 2. The van der Waals surface area contributed by atoms with Crippen molar-refractivity contribution >= 4 is 23.1 Å². The summed E-state index contributed by atoms with van der Waals surface area (Å²) in [5.74, 6) is -1.68. The van der Waals surface area contributed by atoms with Crippen LogP contribution < -0.4 is 9.64 Å². The van der Waals surface area contributed by atoms with Gasteiger partial charge in [-0.05, 0) is 61.2 Å². The molecule has 6 heteroatoms. The van der Waals surface area contributed by atoms with Gasteiger partial charge in [0.05, 0.1) is 30.0 Å². The number of Topliss-reactive ketones (excluding diaryl/α,β-unsaturated/α-hetero) is 1. The zero-order valence-corrected chi connectivity index (χ0v) is 18.9. The third-order valence-electron chi connectivity index (χ3n) is 5.95. The number of aromatic hydroxyl groups is 1. The highest BCUT2D eigenvalue weighted by atomic mass is 16.5. The van der Waals surface area contributed by atoms with Gasteiger partial charge in [0.1, 0.15) is 17.3 Å². The lowest BCUT2D eigenvalue weighted by Crippen LogP contribution is -2.29. The number of anilines is 1. The van der Waals surface area contributed by atoms with Gasteiger partial charge in [0.2, 0.25) is 0 Å². The molecule has 1 amide bonds. The molecule has 1 aliphatic heterocycles. The molecule has 3 aromatic rings. The van der Waals surface area contributed by atoms with Crippen LogP contribution in [0.15, 0.2) is 66.2 Å². The molecular weight excluding hydrogens is 418 g/mol. The summed E-state index contributed by atoms with van der Waals surface area (Å²) in [7, 11) is 1.49. The summed E-state index contributed by atoms with van der Waals surface area (Å²) in [5.41, 5.74) is 3.65. The first-order chi connectivity index (χ1) is 15.8. The summed E-state index contributed by atoms with van der Waals surface area (Å²) in [6.45, 7) is 5.60. The van der Waals surface area contributed by atoms with Crippen LogP contribution in [-0.4, -0.2) is 29.0 Å². The molecule has 0 radical (unpaired) electrons. The molecule has 1 aliphatic rings. The number of ether oxygens (including phenoxy) is 1. The molecule has 0 saturated carbocycles. The summed E-state index contributed by atoms with van der Waals surface area (Å²) in [6.07, 6.45) is 0. The maximum absolute atomic E-state index is 13.3. The van der Waals surface area contributed by atoms with E-state index in [1.165, 1.54) is 18.1 Å². The molecule has 4 rings (SSSR count). The molecule has 0 spiro atoms. The van der Waals surface area contributed by atoms with E-state index < -0.39 is 17.7 Å². The van der Waals surface area contributed by atoms with Crippen molar-refractivity contribution in [1.29, 1.82) is 0 Å². The molecule has 33 heavy (non-hydrogen) atoms. The number of aliphatic hydroxyl groups excluding tert-OH is 1. The van der Waals surface area contributed by atoms with E-state index in [1.54, 1.807) is 24.3 Å². The number of aliphatic hydroxyl groups is 1. The summed E-state index contributed by atoms with van der Waals surface area (Å²) in [4.78, 5) is 27.9. The summed E-state index contributed by atoms with van der Waals surface area (Å²) in [6, 6.07) is 16.4. The Labute approximate surface area is 192 Å². The number of phenolic OH excluding ortho intramolecular Hbond substituents is 1. The van der Waals surface area contributed by atoms with E-state index in [9.17, 15) is 19.8 Å². The number of methoxy groups -OCH3 is 1. The molecule has 6 nitrogen and oxygen atoms in total. The fourth-order valence-electron chi connectivity index (χ4n) is 4.48. The Morgan fingerprint density at radius 1 is 0.939 bits per heavy atom. The van der Waals surface area contributed by atoms with Crippen molar-refractivity contribution in [2.45, 2.75) is 26.8 Å². The average Bonchev–Trinajstić information content (AvgIpc) is 3.04. The Kier molecular flexibility index (Phi) is 5.68. The standard InChI is InChI=1S/C27H25NO5/c1-15-13-17(3)26(33-4)19(14-15)24(30)22-23(18-10-6-5-9-16(18)2)28(27(32)25(22)31)20-11-7-8-12-21(20)29/h5-14,23,29-30H,1-4H3/b24-22+. The number of phenols is 1. The minimum atomic E-state index is -0.926. The Hall–Kier alpha value is -4.06. The smallest absolute Gasteiger partial charge is 0.300 e. The second-order valence-corrected chi connectivity index (χ2v) is 8.18. The van der Waals surface area contributed by atoms with E-state index >= 15 is 0 Å². The molecule has 1 atom stereocenters. The van der Waals surface area contributed by atoms with Gasteiger partial charge in [-0.2, -0.15) is 0 Å². The fourth-order valence-corrected chi connectivity index (χ4v) is 4.48. The molecule has 0 aliphatic carbocycles. The second-order valence-electron chi connectivity index (χ2n) is 8.18. The van der Waals surface area contributed by atoms with E-state index in [4.69, 9.17) is 4.74 Å². The predicted octanol–water partition coefficient (Wildman–Crippen LogP) is 4.95. The van der Waals surface area contributed by atoms with Crippen LogP contribution >= 0.6 is 0 Å². The molecule has 0 bridgehead atoms. The van der Waals surface area contributed by atoms with Crippen molar-refractivity contribution < 1.29 is 24.5 Å². The minimum Gasteiger partial charge on any atom is -0.507 e. The van der Waals surface area contributed by atoms with Gasteiger partial charge in [-0.1, -0.05) is 42.5 Å². The highest BCUT2D eigenvalue weighted by molar-refractivity contribution is 6.52. The van der Waals surface area contributed by atoms with Crippen LogP contribution in [0.4, 0.5) is 5.69 Å². The van der Waals surface area contributed by atoms with Gasteiger partial charge in [-0.3, -0.25) is 14.5 Å². The van der Waals surface area contributed by atoms with Crippen molar-refractivity contribution in [2.75, 3.05) is 12.0 Å². The van der Waals surface area contributed by atoms with Gasteiger partial charge >= 0.3 is 0 Å². The van der Waals surface area contributed by atoms with Gasteiger partial charge in [0, 0.05) is 0 Å². The SMILES string of the molecule is COc1c(C)cc(C)cc1/C(O)=C1\C(=O)C(=O)N(c2ccccc2O)C1c1ccccc1C. The van der Waals surface area contributed by atoms with Crippen molar-refractivity contribution in [3.05, 3.63) is 94.1 Å². The number of ketones is 1. The lowest BCUT2D eigenvalue weighted by Gasteiger charge is -2.27. The lowest BCUT2D eigenvalue weighted by atomic mass is 9.91. The molecule has 168 valence electrons. The quantitative estimate of drug-likeness (QED) is 0.338. The maximum atomic E-state index is 13.3. The molecule has 3 aromatic carbocycles. The van der Waals surface area contributed by atoms with Crippen LogP contribution in [0, 0.1) is 20.8 Å². The first-order valence-electron chi connectivity index (χ1n) is 10.6. The van der Waals surface area contributed by atoms with E-state index in [1.807, 2.05) is 51.1 Å². The number of nitrogens with zero attached hydrogens (tertiary/aromatic N) is 1. The molecule has 1 fully saturated rings. The van der Waals surface area contributed by atoms with Crippen LogP contribution in [0.1, 0.15) is 33.9 Å². The maximum Gasteiger partial charge on any atom is 0.300 e. The summed E-state index contributed by atoms with van der Waals surface area (Å²) < 4.78 is 5.53. The third kappa shape index (κ3) is 3.63. The number of hydrogen-bond acceptors (Lipinski definition) is 5. The first kappa shape index (κ1) is 22.1. The van der Waals surface area contributed by atoms with Gasteiger partial charge in [-0.15, -0.1) is 0 Å². The number of hydrogen-bond donors (Lipinski definition) is 2. The van der Waals surface area contributed by atoms with Gasteiger partial charge in [0.25, 0.3) is 11.7 Å². The van der Waals surface area contributed by atoms with Crippen molar-refractivity contribution in [3.8, 4) is 11.5 Å². The topological polar surface area (TPSA) is 87.1 Å². The Morgan fingerprint density at radius 2 is 1.61 bits per heavy atom. The van der Waals surface area contributed by atoms with E-state index in [0.29, 0.717) is 16.9 Å². The number of aryl methyl sites for hydroxylation is 3. The normalized spacial score (nSPS) is 17.5. The molecule has 1 saturated heterocycles. The highest BCUT2D eigenvalue weighted by Gasteiger charge is 2.48. The van der Waals surface area contributed by atoms with Crippen LogP contribution in [0.2, 0.25) is 0 Å². The fraction of sp³-hybridized carbons (Fsp3) is 0.185. The van der Waals surface area contributed by atoms with Crippen LogP contribution in [-0.2, 0) is 9.59 Å². The Balaban J connectivity index is 2.05. The molecule has 2 N–H and O–H groups in total. The van der Waals surface area contributed by atoms with Crippen LogP contribution in [0.3, 0.4) is 0 Å². The molecule has 1 unspecified atom stereocenters. The van der Waals surface area contributed by atoms with Crippen LogP contribution in [0.5, 0.6) is 11.5 Å². The highest BCUT2D eigenvalue weighted by Crippen LogP contribution is 2.46. The van der Waals surface area contributed by atoms with Gasteiger partial charge in [0.15, 0.2) is 0 Å². The van der Waals surface area contributed by atoms with Crippen molar-refractivity contribution in [2.24, 2.45) is 0 Å². The summed E-state index contributed by atoms with van der Waals surface area (Å²) in [5, 5.41) is 22.0. The van der Waals surface area contributed by atoms with Crippen molar-refractivity contribution in [3.63, 3.8) is 0 Å². The number of benzene rings is 3. The largest absolute Gasteiger partial charge is 0.507 e. The second kappa shape index (κ2) is 8.47. The van der Waals surface area contributed by atoms with E-state index in [-0.39, 0.29) is 22.8 Å². The van der Waals surface area contributed by atoms with Crippen LogP contribution in [0.25, 0.3) is 5.76 Å². The number of carbonyl (C=O) groups excluding carboxylic acids is 2. The van der Waals surface area contributed by atoms with E-state index in [0.717, 1.165) is 16.7 Å². The molecule has 1 heterocycles. The van der Waals surface area contributed by atoms with Gasteiger partial charge < -0.3 is 14.9 Å². The van der Waals surface area contributed by atoms with E-state index in [2.05, 4.69) is 0 Å². The predicted molar refractivity (Wildman–Crippen MR) is 127 cm³/mol. The van der Waals surface area contributed by atoms with Gasteiger partial charge in [-0.25, -0.2) is 0 Å². The molecular formula is C27H25NO5. The zero-order valence-electron chi connectivity index (χ0n) is 18.9. The molecule has 0 aromatic heterocycles.